The Bertz CT molecular complexity index is 417. The summed E-state index contributed by atoms with van der Waals surface area (Å²) in [6.45, 7) is 2.11. The lowest BCUT2D eigenvalue weighted by atomic mass is 9.72. The molecule has 16 heavy (non-hydrogen) atoms. The van der Waals surface area contributed by atoms with Crippen LogP contribution in [0, 0.1) is 5.92 Å². The average Bonchev–Trinajstić information content (AvgIpc) is 2.33. The number of phenolic OH excluding ortho intramolecular Hbond substituents is 2. The van der Waals surface area contributed by atoms with Gasteiger partial charge in [0.25, 0.3) is 0 Å². The normalized spacial score (nSPS) is 28.2. The minimum Gasteiger partial charge on any atom is -0.504 e. The van der Waals surface area contributed by atoms with Crippen molar-refractivity contribution in [1.82, 2.24) is 5.32 Å². The van der Waals surface area contributed by atoms with Crippen LogP contribution in [0.5, 0.6) is 11.5 Å². The predicted octanol–water partition coefficient (Wildman–Crippen LogP) is 1.74. The molecule has 3 rings (SSSR count). The maximum Gasteiger partial charge on any atom is 0.160 e. The molecule has 1 aliphatic heterocycles. The van der Waals surface area contributed by atoms with E-state index in [-0.39, 0.29) is 11.5 Å². The topological polar surface area (TPSA) is 52.5 Å². The lowest BCUT2D eigenvalue weighted by molar-refractivity contribution is 0.286. The Balaban J connectivity index is 2.05. The van der Waals surface area contributed by atoms with Crippen LogP contribution in [0.25, 0.3) is 0 Å². The van der Waals surface area contributed by atoms with Crippen LogP contribution < -0.4 is 5.32 Å². The highest BCUT2D eigenvalue weighted by atomic mass is 16.3. The molecule has 2 atom stereocenters. The third-order valence-corrected chi connectivity index (χ3v) is 4.09. The maximum atomic E-state index is 9.86. The number of rotatable bonds is 0. The van der Waals surface area contributed by atoms with E-state index in [0.29, 0.717) is 5.92 Å². The smallest absolute Gasteiger partial charge is 0.160 e. The largest absolute Gasteiger partial charge is 0.504 e. The number of aromatic hydroxyl groups is 2. The van der Waals surface area contributed by atoms with Gasteiger partial charge in [0.1, 0.15) is 0 Å². The molecule has 3 nitrogen and oxygen atoms in total. The highest BCUT2D eigenvalue weighted by molar-refractivity contribution is 5.51. The van der Waals surface area contributed by atoms with Crippen LogP contribution in [0.15, 0.2) is 12.1 Å². The van der Waals surface area contributed by atoms with E-state index in [2.05, 4.69) is 5.32 Å². The van der Waals surface area contributed by atoms with Gasteiger partial charge in [-0.15, -0.1) is 0 Å². The summed E-state index contributed by atoms with van der Waals surface area (Å²) in [6, 6.07) is 3.60. The molecular weight excluding hydrogens is 202 g/mol. The van der Waals surface area contributed by atoms with Gasteiger partial charge >= 0.3 is 0 Å². The Morgan fingerprint density at radius 3 is 2.94 bits per heavy atom. The fraction of sp³-hybridized carbons (Fsp3) is 0.538. The minimum absolute atomic E-state index is 0.0148. The predicted molar refractivity (Wildman–Crippen MR) is 61.8 cm³/mol. The molecule has 1 fully saturated rings. The standard InChI is InChI=1S/C13H17NO2/c15-12-4-3-9-10(13(12)16)2-1-8-5-6-14-7-11(8)9/h3-4,8,11,14-16H,1-2,5-7H2/t8-,11+/m1/s1. The van der Waals surface area contributed by atoms with E-state index >= 15 is 0 Å². The van der Waals surface area contributed by atoms with Crippen LogP contribution in [0.4, 0.5) is 0 Å². The molecule has 0 saturated carbocycles. The second-order valence-corrected chi connectivity index (χ2v) is 4.90. The first-order valence-electron chi connectivity index (χ1n) is 6.02. The summed E-state index contributed by atoms with van der Waals surface area (Å²) in [4.78, 5) is 0. The van der Waals surface area contributed by atoms with E-state index in [1.54, 1.807) is 6.07 Å². The number of hydrogen-bond acceptors (Lipinski definition) is 3. The Kier molecular flexibility index (Phi) is 2.28. The summed E-state index contributed by atoms with van der Waals surface area (Å²) in [5.41, 5.74) is 2.20. The zero-order valence-electron chi connectivity index (χ0n) is 9.24. The number of piperidine rings is 1. The van der Waals surface area contributed by atoms with Gasteiger partial charge in [-0.05, 0) is 49.3 Å². The van der Waals surface area contributed by atoms with Gasteiger partial charge in [-0.25, -0.2) is 0 Å². The highest BCUT2D eigenvalue weighted by Gasteiger charge is 2.33. The van der Waals surface area contributed by atoms with E-state index in [4.69, 9.17) is 0 Å². The molecule has 0 amide bonds. The molecule has 1 aliphatic carbocycles. The first kappa shape index (κ1) is 9.97. The van der Waals surface area contributed by atoms with Crippen LogP contribution in [0.1, 0.15) is 29.9 Å². The second-order valence-electron chi connectivity index (χ2n) is 4.90. The van der Waals surface area contributed by atoms with Crippen LogP contribution >= 0.6 is 0 Å². The third kappa shape index (κ3) is 1.39. The summed E-state index contributed by atoms with van der Waals surface area (Å²) in [6.07, 6.45) is 3.26. The van der Waals surface area contributed by atoms with Crippen molar-refractivity contribution in [2.24, 2.45) is 5.92 Å². The Hall–Kier alpha value is -1.22. The molecule has 0 bridgehead atoms. The molecular formula is C13H17NO2. The van der Waals surface area contributed by atoms with Crippen LogP contribution in [0.3, 0.4) is 0 Å². The Morgan fingerprint density at radius 2 is 2.06 bits per heavy atom. The first-order valence-corrected chi connectivity index (χ1v) is 6.02. The van der Waals surface area contributed by atoms with Crippen molar-refractivity contribution in [2.45, 2.75) is 25.2 Å². The van der Waals surface area contributed by atoms with Gasteiger partial charge in [-0.3, -0.25) is 0 Å². The van der Waals surface area contributed by atoms with E-state index in [1.165, 1.54) is 12.0 Å². The summed E-state index contributed by atoms with van der Waals surface area (Å²) < 4.78 is 0. The lowest BCUT2D eigenvalue weighted by Gasteiger charge is -2.37. The van der Waals surface area contributed by atoms with E-state index in [9.17, 15) is 10.2 Å². The molecule has 1 heterocycles. The van der Waals surface area contributed by atoms with Gasteiger partial charge < -0.3 is 15.5 Å². The van der Waals surface area contributed by atoms with Crippen molar-refractivity contribution >= 4 is 0 Å². The van der Waals surface area contributed by atoms with Crippen molar-refractivity contribution in [2.75, 3.05) is 13.1 Å². The van der Waals surface area contributed by atoms with Gasteiger partial charge in [-0.2, -0.15) is 0 Å². The van der Waals surface area contributed by atoms with Crippen molar-refractivity contribution in [1.29, 1.82) is 0 Å². The number of fused-ring (bicyclic) bond motifs is 3. The molecule has 0 aromatic heterocycles. The van der Waals surface area contributed by atoms with Crippen molar-refractivity contribution in [3.63, 3.8) is 0 Å². The number of benzene rings is 1. The fourth-order valence-electron chi connectivity index (χ4n) is 3.20. The number of hydrogen-bond donors (Lipinski definition) is 3. The molecule has 2 aliphatic rings. The van der Waals surface area contributed by atoms with Gasteiger partial charge in [0, 0.05) is 12.1 Å². The molecule has 86 valence electrons. The van der Waals surface area contributed by atoms with Crippen molar-refractivity contribution in [3.05, 3.63) is 23.3 Å². The molecule has 0 unspecified atom stereocenters. The highest BCUT2D eigenvalue weighted by Crippen LogP contribution is 2.44. The van der Waals surface area contributed by atoms with Gasteiger partial charge in [0.05, 0.1) is 0 Å². The fourth-order valence-corrected chi connectivity index (χ4v) is 3.20. The summed E-state index contributed by atoms with van der Waals surface area (Å²) in [5.74, 6) is 1.38. The van der Waals surface area contributed by atoms with Crippen LogP contribution in [-0.2, 0) is 6.42 Å². The molecule has 0 radical (unpaired) electrons. The monoisotopic (exact) mass is 219 g/mol. The molecule has 3 N–H and O–H groups in total. The van der Waals surface area contributed by atoms with Crippen LogP contribution in [0.2, 0.25) is 0 Å². The molecule has 1 saturated heterocycles. The average molecular weight is 219 g/mol. The van der Waals surface area contributed by atoms with Crippen LogP contribution in [-0.4, -0.2) is 23.3 Å². The van der Waals surface area contributed by atoms with Crippen molar-refractivity contribution < 1.29 is 10.2 Å². The summed E-state index contributed by atoms with van der Waals surface area (Å²) >= 11 is 0. The molecule has 0 spiro atoms. The quantitative estimate of drug-likeness (QED) is 0.582. The molecule has 3 heteroatoms. The van der Waals surface area contributed by atoms with E-state index in [0.717, 1.165) is 37.4 Å². The van der Waals surface area contributed by atoms with E-state index in [1.807, 2.05) is 6.07 Å². The Labute approximate surface area is 95.1 Å². The minimum atomic E-state index is 0.0148. The SMILES string of the molecule is Oc1ccc2c(c1O)CC[C@@H]1CCNC[C@H]21. The van der Waals surface area contributed by atoms with Gasteiger partial charge in [0.2, 0.25) is 0 Å². The summed E-state index contributed by atoms with van der Waals surface area (Å²) in [5, 5.41) is 22.8. The number of phenols is 2. The zero-order chi connectivity index (χ0) is 11.1. The van der Waals surface area contributed by atoms with E-state index < -0.39 is 0 Å². The first-order chi connectivity index (χ1) is 7.77. The third-order valence-electron chi connectivity index (χ3n) is 4.09. The van der Waals surface area contributed by atoms with Crippen molar-refractivity contribution in [3.8, 4) is 11.5 Å². The molecule has 1 aromatic carbocycles. The Morgan fingerprint density at radius 1 is 1.19 bits per heavy atom. The number of nitrogens with one attached hydrogen (secondary N) is 1. The second kappa shape index (κ2) is 3.67. The molecule has 1 aromatic rings. The zero-order valence-corrected chi connectivity index (χ0v) is 9.24. The summed E-state index contributed by atoms with van der Waals surface area (Å²) in [7, 11) is 0. The lowest BCUT2D eigenvalue weighted by Crippen LogP contribution is -2.37. The maximum absolute atomic E-state index is 9.86. The van der Waals surface area contributed by atoms with Gasteiger partial charge in [0.15, 0.2) is 11.5 Å². The van der Waals surface area contributed by atoms with Gasteiger partial charge in [-0.1, -0.05) is 6.07 Å².